The van der Waals surface area contributed by atoms with Gasteiger partial charge in [0.05, 0.1) is 21.3 Å². The van der Waals surface area contributed by atoms with E-state index >= 15 is 0 Å². The van der Waals surface area contributed by atoms with Gasteiger partial charge in [0.1, 0.15) is 10.8 Å². The Kier molecular flexibility index (Phi) is 4.69. The first-order valence-electron chi connectivity index (χ1n) is 6.31. The predicted octanol–water partition coefficient (Wildman–Crippen LogP) is 5.23. The Hall–Kier alpha value is -0.680. The summed E-state index contributed by atoms with van der Waals surface area (Å²) in [6.07, 6.45) is 1.58. The number of rotatable bonds is 4. The summed E-state index contributed by atoms with van der Waals surface area (Å²) in [5.74, 6) is -0.509. The van der Waals surface area contributed by atoms with Crippen LogP contribution in [0.4, 0.5) is 4.39 Å². The first kappa shape index (κ1) is 15.7. The van der Waals surface area contributed by atoms with Gasteiger partial charge >= 0.3 is 0 Å². The summed E-state index contributed by atoms with van der Waals surface area (Å²) in [6, 6.07) is 2.70. The van der Waals surface area contributed by atoms with Crippen molar-refractivity contribution in [2.45, 2.75) is 32.2 Å². The van der Waals surface area contributed by atoms with Gasteiger partial charge < -0.3 is 5.73 Å². The van der Waals surface area contributed by atoms with Gasteiger partial charge in [-0.25, -0.2) is 9.37 Å². The van der Waals surface area contributed by atoms with Crippen molar-refractivity contribution in [1.82, 2.24) is 4.98 Å². The molecule has 108 valence electrons. The van der Waals surface area contributed by atoms with Crippen LogP contribution in [0.25, 0.3) is 11.3 Å². The Labute approximate surface area is 131 Å². The number of nitrogens with two attached hydrogens (primary N) is 1. The highest BCUT2D eigenvalue weighted by Gasteiger charge is 2.27. The molecular weight excluding hydrogens is 318 g/mol. The summed E-state index contributed by atoms with van der Waals surface area (Å²) < 4.78 is 13.6. The average molecular weight is 333 g/mol. The van der Waals surface area contributed by atoms with Crippen LogP contribution in [0.2, 0.25) is 10.0 Å². The van der Waals surface area contributed by atoms with Gasteiger partial charge in [-0.05, 0) is 25.0 Å². The number of halogens is 3. The van der Waals surface area contributed by atoms with Crippen LogP contribution in [-0.4, -0.2) is 4.98 Å². The second-order valence-corrected chi connectivity index (χ2v) is 6.32. The topological polar surface area (TPSA) is 38.9 Å². The van der Waals surface area contributed by atoms with E-state index in [0.29, 0.717) is 16.3 Å². The van der Waals surface area contributed by atoms with Gasteiger partial charge in [-0.15, -0.1) is 11.3 Å². The van der Waals surface area contributed by atoms with Gasteiger partial charge in [0, 0.05) is 10.9 Å². The summed E-state index contributed by atoms with van der Waals surface area (Å²) in [4.78, 5) is 4.53. The van der Waals surface area contributed by atoms with Crippen molar-refractivity contribution in [1.29, 1.82) is 0 Å². The highest BCUT2D eigenvalue weighted by molar-refractivity contribution is 7.10. The lowest BCUT2D eigenvalue weighted by Gasteiger charge is -2.23. The Morgan fingerprint density at radius 2 is 1.90 bits per heavy atom. The lowest BCUT2D eigenvalue weighted by molar-refractivity contribution is 0.411. The molecule has 0 saturated heterocycles. The molecule has 0 spiro atoms. The molecule has 2 nitrogen and oxygen atoms in total. The van der Waals surface area contributed by atoms with E-state index in [2.05, 4.69) is 4.98 Å². The fourth-order valence-electron chi connectivity index (χ4n) is 1.90. The molecule has 20 heavy (non-hydrogen) atoms. The standard InChI is InChI=1S/C14H15Cl2FN2S/c1-3-14(18,4-2)13-19-12(7-20-13)8-5-11(17)10(16)6-9(8)15/h5-7H,3-4,18H2,1-2H3. The van der Waals surface area contributed by atoms with Gasteiger partial charge in [0.15, 0.2) is 0 Å². The van der Waals surface area contributed by atoms with Gasteiger partial charge in [-0.2, -0.15) is 0 Å². The van der Waals surface area contributed by atoms with Crippen LogP contribution in [0.15, 0.2) is 17.5 Å². The van der Waals surface area contributed by atoms with E-state index in [1.54, 1.807) is 0 Å². The van der Waals surface area contributed by atoms with Crippen molar-refractivity contribution in [3.63, 3.8) is 0 Å². The summed E-state index contributed by atoms with van der Waals surface area (Å²) in [5, 5.41) is 3.06. The number of benzene rings is 1. The quantitative estimate of drug-likeness (QED) is 0.778. The molecular formula is C14H15Cl2FN2S. The zero-order chi connectivity index (χ0) is 14.9. The lowest BCUT2D eigenvalue weighted by atomic mass is 9.95. The molecule has 2 rings (SSSR count). The molecule has 0 unspecified atom stereocenters. The van der Waals surface area contributed by atoms with Crippen molar-refractivity contribution < 1.29 is 4.39 Å². The predicted molar refractivity (Wildman–Crippen MR) is 84.0 cm³/mol. The number of thiazole rings is 1. The van der Waals surface area contributed by atoms with E-state index in [4.69, 9.17) is 28.9 Å². The molecule has 0 saturated carbocycles. The van der Waals surface area contributed by atoms with E-state index in [9.17, 15) is 4.39 Å². The molecule has 1 heterocycles. The first-order valence-corrected chi connectivity index (χ1v) is 7.94. The summed E-state index contributed by atoms with van der Waals surface area (Å²) in [7, 11) is 0. The molecule has 0 aliphatic carbocycles. The minimum absolute atomic E-state index is 0.00416. The zero-order valence-electron chi connectivity index (χ0n) is 11.2. The summed E-state index contributed by atoms with van der Waals surface area (Å²) in [5.41, 5.74) is 7.04. The van der Waals surface area contributed by atoms with Crippen molar-refractivity contribution in [2.24, 2.45) is 5.73 Å². The third kappa shape index (κ3) is 2.84. The van der Waals surface area contributed by atoms with Crippen LogP contribution < -0.4 is 5.73 Å². The minimum atomic E-state index is -0.509. The van der Waals surface area contributed by atoms with Crippen molar-refractivity contribution >= 4 is 34.5 Å². The SMILES string of the molecule is CCC(N)(CC)c1nc(-c2cc(F)c(Cl)cc2Cl)cs1. The lowest BCUT2D eigenvalue weighted by Crippen LogP contribution is -2.34. The molecule has 0 aliphatic rings. The minimum Gasteiger partial charge on any atom is -0.319 e. The Balaban J connectivity index is 2.46. The monoisotopic (exact) mass is 332 g/mol. The average Bonchev–Trinajstić information content (AvgIpc) is 2.92. The Morgan fingerprint density at radius 3 is 2.50 bits per heavy atom. The Morgan fingerprint density at radius 1 is 1.25 bits per heavy atom. The fourth-order valence-corrected chi connectivity index (χ4v) is 3.45. The second-order valence-electron chi connectivity index (χ2n) is 4.65. The molecule has 2 aromatic rings. The molecule has 1 aromatic heterocycles. The molecule has 0 aliphatic heterocycles. The van der Waals surface area contributed by atoms with Crippen LogP contribution in [0, 0.1) is 5.82 Å². The van der Waals surface area contributed by atoms with Crippen LogP contribution >= 0.6 is 34.5 Å². The second kappa shape index (κ2) is 5.98. The maximum absolute atomic E-state index is 13.6. The fraction of sp³-hybridized carbons (Fsp3) is 0.357. The number of hydrogen-bond acceptors (Lipinski definition) is 3. The van der Waals surface area contributed by atoms with Gasteiger partial charge in [0.2, 0.25) is 0 Å². The van der Waals surface area contributed by atoms with Crippen molar-refractivity contribution in [2.75, 3.05) is 0 Å². The molecule has 0 bridgehead atoms. The maximum atomic E-state index is 13.6. The van der Waals surface area contributed by atoms with Crippen LogP contribution in [0.1, 0.15) is 31.7 Å². The Bertz CT molecular complexity index is 624. The summed E-state index contributed by atoms with van der Waals surface area (Å²) in [6.45, 7) is 4.05. The smallest absolute Gasteiger partial charge is 0.142 e. The first-order chi connectivity index (χ1) is 9.41. The molecule has 1 aromatic carbocycles. The van der Waals surface area contributed by atoms with Gasteiger partial charge in [0.25, 0.3) is 0 Å². The molecule has 6 heteroatoms. The van der Waals surface area contributed by atoms with Crippen molar-refractivity contribution in [3.8, 4) is 11.3 Å². The normalized spacial score (nSPS) is 11.9. The summed E-state index contributed by atoms with van der Waals surface area (Å²) >= 11 is 13.3. The molecule has 0 amide bonds. The number of nitrogens with zero attached hydrogens (tertiary/aromatic N) is 1. The van der Waals surface area contributed by atoms with Gasteiger partial charge in [-0.3, -0.25) is 0 Å². The largest absolute Gasteiger partial charge is 0.319 e. The maximum Gasteiger partial charge on any atom is 0.142 e. The zero-order valence-corrected chi connectivity index (χ0v) is 13.5. The third-order valence-electron chi connectivity index (χ3n) is 3.48. The van der Waals surface area contributed by atoms with Gasteiger partial charge in [-0.1, -0.05) is 37.0 Å². The molecule has 0 fully saturated rings. The van der Waals surface area contributed by atoms with E-state index < -0.39 is 11.4 Å². The molecule has 2 N–H and O–H groups in total. The van der Waals surface area contributed by atoms with E-state index in [1.165, 1.54) is 23.5 Å². The van der Waals surface area contributed by atoms with Crippen LogP contribution in [0.5, 0.6) is 0 Å². The van der Waals surface area contributed by atoms with E-state index in [-0.39, 0.29) is 5.02 Å². The molecule has 0 atom stereocenters. The highest BCUT2D eigenvalue weighted by atomic mass is 35.5. The number of hydrogen-bond donors (Lipinski definition) is 1. The van der Waals surface area contributed by atoms with Crippen LogP contribution in [0.3, 0.4) is 0 Å². The van der Waals surface area contributed by atoms with E-state index in [1.807, 2.05) is 19.2 Å². The number of aromatic nitrogens is 1. The van der Waals surface area contributed by atoms with E-state index in [0.717, 1.165) is 17.8 Å². The molecule has 0 radical (unpaired) electrons. The van der Waals surface area contributed by atoms with Crippen molar-refractivity contribution in [3.05, 3.63) is 38.4 Å². The third-order valence-corrected chi connectivity index (χ3v) is 5.14. The van der Waals surface area contributed by atoms with Crippen LogP contribution in [-0.2, 0) is 5.54 Å². The highest BCUT2D eigenvalue weighted by Crippen LogP contribution is 2.36.